The van der Waals surface area contributed by atoms with E-state index in [0.717, 1.165) is 19.3 Å². The van der Waals surface area contributed by atoms with Gasteiger partial charge in [-0.3, -0.25) is 0 Å². The lowest BCUT2D eigenvalue weighted by atomic mass is 10.2. The number of benzene rings is 1. The molecule has 1 aliphatic rings. The van der Waals surface area contributed by atoms with Gasteiger partial charge in [0.2, 0.25) is 16.1 Å². The first kappa shape index (κ1) is 13.0. The van der Waals surface area contributed by atoms with Crippen LogP contribution in [-0.2, 0) is 14.8 Å². The smallest absolute Gasteiger partial charge is 0.211 e. The van der Waals surface area contributed by atoms with Gasteiger partial charge in [0.1, 0.15) is 0 Å². The van der Waals surface area contributed by atoms with Gasteiger partial charge in [-0.2, -0.15) is 9.30 Å². The standard InChI is InChI=1S/C12H14N2O3S/c15-10-13-11-4-6-12(7-5-11)18(16,17)14-8-2-1-3-9-14/h4-7H,1-3,8-9H2. The maximum atomic E-state index is 12.3. The first-order valence-electron chi connectivity index (χ1n) is 5.83. The number of rotatable bonds is 3. The van der Waals surface area contributed by atoms with Gasteiger partial charge in [-0.1, -0.05) is 6.42 Å². The first-order chi connectivity index (χ1) is 8.64. The van der Waals surface area contributed by atoms with Crippen LogP contribution in [0, 0.1) is 0 Å². The molecule has 0 amide bonds. The SMILES string of the molecule is O=C=Nc1ccc(S(=O)(=O)N2CCCCC2)cc1. The lowest BCUT2D eigenvalue weighted by Gasteiger charge is -2.25. The average Bonchev–Trinajstić information content (AvgIpc) is 2.41. The van der Waals surface area contributed by atoms with Crippen LogP contribution in [0.1, 0.15) is 19.3 Å². The van der Waals surface area contributed by atoms with Crippen LogP contribution in [0.4, 0.5) is 5.69 Å². The Morgan fingerprint density at radius 2 is 1.67 bits per heavy atom. The molecule has 18 heavy (non-hydrogen) atoms. The quantitative estimate of drug-likeness (QED) is 0.619. The molecule has 0 bridgehead atoms. The minimum Gasteiger partial charge on any atom is -0.211 e. The van der Waals surface area contributed by atoms with Crippen LogP contribution in [0.2, 0.25) is 0 Å². The van der Waals surface area contributed by atoms with E-state index in [1.165, 1.54) is 34.7 Å². The largest absolute Gasteiger partial charge is 0.243 e. The van der Waals surface area contributed by atoms with E-state index in [2.05, 4.69) is 4.99 Å². The zero-order chi connectivity index (χ0) is 13.0. The number of carbonyl (C=O) groups excluding carboxylic acids is 1. The summed E-state index contributed by atoms with van der Waals surface area (Å²) in [4.78, 5) is 13.8. The molecule has 2 rings (SSSR count). The maximum Gasteiger partial charge on any atom is 0.243 e. The number of nitrogens with zero attached hydrogens (tertiary/aromatic N) is 2. The van der Waals surface area contributed by atoms with Crippen LogP contribution in [0.15, 0.2) is 34.2 Å². The Morgan fingerprint density at radius 1 is 1.06 bits per heavy atom. The van der Waals surface area contributed by atoms with Crippen LogP contribution in [0.25, 0.3) is 0 Å². The number of aliphatic imine (C=N–C) groups is 1. The van der Waals surface area contributed by atoms with Crippen molar-refractivity contribution < 1.29 is 13.2 Å². The Bertz CT molecular complexity index is 553. The van der Waals surface area contributed by atoms with E-state index in [9.17, 15) is 13.2 Å². The monoisotopic (exact) mass is 266 g/mol. The van der Waals surface area contributed by atoms with Crippen molar-refractivity contribution >= 4 is 21.8 Å². The van der Waals surface area contributed by atoms with Crippen molar-refractivity contribution in [2.45, 2.75) is 24.2 Å². The summed E-state index contributed by atoms with van der Waals surface area (Å²) in [6.45, 7) is 1.16. The van der Waals surface area contributed by atoms with Gasteiger partial charge in [-0.05, 0) is 37.1 Å². The van der Waals surface area contributed by atoms with Crippen LogP contribution in [0.5, 0.6) is 0 Å². The fourth-order valence-electron chi connectivity index (χ4n) is 2.00. The van der Waals surface area contributed by atoms with Gasteiger partial charge < -0.3 is 0 Å². The summed E-state index contributed by atoms with van der Waals surface area (Å²) < 4.78 is 26.1. The van der Waals surface area contributed by atoms with Crippen LogP contribution >= 0.6 is 0 Å². The van der Waals surface area contributed by atoms with E-state index in [1.807, 2.05) is 0 Å². The van der Waals surface area contributed by atoms with Crippen molar-refractivity contribution in [2.75, 3.05) is 13.1 Å². The predicted molar refractivity (Wildman–Crippen MR) is 66.8 cm³/mol. The molecular formula is C12H14N2O3S. The Morgan fingerprint density at radius 3 is 2.22 bits per heavy atom. The molecule has 1 aliphatic heterocycles. The third-order valence-electron chi connectivity index (χ3n) is 2.96. The highest BCUT2D eigenvalue weighted by atomic mass is 32.2. The van der Waals surface area contributed by atoms with E-state index < -0.39 is 10.0 Å². The fraction of sp³-hybridized carbons (Fsp3) is 0.417. The van der Waals surface area contributed by atoms with Crippen molar-refractivity contribution in [3.05, 3.63) is 24.3 Å². The molecule has 0 radical (unpaired) electrons. The van der Waals surface area contributed by atoms with Crippen molar-refractivity contribution in [1.29, 1.82) is 0 Å². The van der Waals surface area contributed by atoms with E-state index in [0.29, 0.717) is 18.8 Å². The van der Waals surface area contributed by atoms with E-state index in [1.54, 1.807) is 0 Å². The zero-order valence-electron chi connectivity index (χ0n) is 9.87. The molecule has 0 saturated carbocycles. The van der Waals surface area contributed by atoms with E-state index in [-0.39, 0.29) is 4.90 Å². The van der Waals surface area contributed by atoms with Gasteiger partial charge in [0.05, 0.1) is 10.6 Å². The lowest BCUT2D eigenvalue weighted by molar-refractivity contribution is 0.346. The maximum absolute atomic E-state index is 12.3. The van der Waals surface area contributed by atoms with Crippen LogP contribution in [0.3, 0.4) is 0 Å². The Labute approximate surface area is 106 Å². The third-order valence-corrected chi connectivity index (χ3v) is 4.88. The van der Waals surface area contributed by atoms with Crippen molar-refractivity contribution in [3.8, 4) is 0 Å². The summed E-state index contributed by atoms with van der Waals surface area (Å²) >= 11 is 0. The molecule has 0 unspecified atom stereocenters. The highest BCUT2D eigenvalue weighted by Crippen LogP contribution is 2.22. The molecule has 6 heteroatoms. The Kier molecular flexibility index (Phi) is 3.91. The molecule has 1 heterocycles. The average molecular weight is 266 g/mol. The van der Waals surface area contributed by atoms with Crippen molar-refractivity contribution in [2.24, 2.45) is 4.99 Å². The first-order valence-corrected chi connectivity index (χ1v) is 7.27. The molecule has 0 atom stereocenters. The predicted octanol–water partition coefficient (Wildman–Crippen LogP) is 1.83. The number of hydrogen-bond donors (Lipinski definition) is 0. The summed E-state index contributed by atoms with van der Waals surface area (Å²) in [7, 11) is -3.40. The molecule has 0 N–H and O–H groups in total. The summed E-state index contributed by atoms with van der Waals surface area (Å²) in [5, 5.41) is 0. The summed E-state index contributed by atoms with van der Waals surface area (Å²) in [6.07, 6.45) is 4.32. The number of isocyanates is 1. The van der Waals surface area contributed by atoms with Gasteiger partial charge in [0.25, 0.3) is 0 Å². The van der Waals surface area contributed by atoms with E-state index in [4.69, 9.17) is 0 Å². The molecule has 1 saturated heterocycles. The molecule has 1 aromatic carbocycles. The van der Waals surface area contributed by atoms with Gasteiger partial charge in [0, 0.05) is 13.1 Å². The van der Waals surface area contributed by atoms with Crippen molar-refractivity contribution in [1.82, 2.24) is 4.31 Å². The summed E-state index contributed by atoms with van der Waals surface area (Å²) in [5.41, 5.74) is 0.405. The molecule has 1 fully saturated rings. The topological polar surface area (TPSA) is 66.8 Å². The molecule has 5 nitrogen and oxygen atoms in total. The molecule has 0 spiro atoms. The minimum atomic E-state index is -3.40. The fourth-order valence-corrected chi connectivity index (χ4v) is 3.52. The van der Waals surface area contributed by atoms with E-state index >= 15 is 0 Å². The van der Waals surface area contributed by atoms with Gasteiger partial charge in [-0.15, -0.1) is 0 Å². The highest BCUT2D eigenvalue weighted by Gasteiger charge is 2.25. The van der Waals surface area contributed by atoms with Gasteiger partial charge in [0.15, 0.2) is 0 Å². The number of piperidine rings is 1. The van der Waals surface area contributed by atoms with Crippen LogP contribution in [-0.4, -0.2) is 31.9 Å². The zero-order valence-corrected chi connectivity index (χ0v) is 10.7. The normalized spacial score (nSPS) is 17.1. The Hall–Kier alpha value is -1.49. The second-order valence-corrected chi connectivity index (χ2v) is 6.10. The number of hydrogen-bond acceptors (Lipinski definition) is 4. The molecule has 0 aliphatic carbocycles. The number of sulfonamides is 1. The minimum absolute atomic E-state index is 0.245. The second kappa shape index (κ2) is 5.44. The second-order valence-electron chi connectivity index (χ2n) is 4.16. The van der Waals surface area contributed by atoms with Crippen LogP contribution < -0.4 is 0 Å². The summed E-state index contributed by atoms with van der Waals surface area (Å²) in [6, 6.07) is 5.95. The molecule has 1 aromatic rings. The Balaban J connectivity index is 2.26. The van der Waals surface area contributed by atoms with Gasteiger partial charge >= 0.3 is 0 Å². The molecular weight excluding hydrogens is 252 g/mol. The van der Waals surface area contributed by atoms with Gasteiger partial charge in [-0.25, -0.2) is 13.2 Å². The highest BCUT2D eigenvalue weighted by molar-refractivity contribution is 7.89. The summed E-state index contributed by atoms with van der Waals surface area (Å²) in [5.74, 6) is 0. The molecule has 0 aromatic heterocycles. The van der Waals surface area contributed by atoms with Crippen molar-refractivity contribution in [3.63, 3.8) is 0 Å². The third kappa shape index (κ3) is 2.67. The lowest BCUT2D eigenvalue weighted by Crippen LogP contribution is -2.35. The molecule has 96 valence electrons.